The first kappa shape index (κ1) is 18.7. The van der Waals surface area contributed by atoms with Gasteiger partial charge in [-0.15, -0.1) is 0 Å². The van der Waals surface area contributed by atoms with E-state index in [-0.39, 0.29) is 17.0 Å². The van der Waals surface area contributed by atoms with Gasteiger partial charge in [0.25, 0.3) is 0 Å². The molecule has 2 aromatic rings. The number of aliphatic hydroxyl groups is 1. The van der Waals surface area contributed by atoms with E-state index >= 15 is 0 Å². The molecular formula is C19H24N2O4S. The highest BCUT2D eigenvalue weighted by atomic mass is 32.2. The van der Waals surface area contributed by atoms with Crippen LogP contribution in [0.15, 0.2) is 42.5 Å². The Morgan fingerprint density at radius 1 is 1.15 bits per heavy atom. The fourth-order valence-corrected chi connectivity index (χ4v) is 4.14. The van der Waals surface area contributed by atoms with Gasteiger partial charge in [-0.1, -0.05) is 30.3 Å². The molecule has 3 rings (SSSR count). The normalized spacial score (nSPS) is 16.9. The summed E-state index contributed by atoms with van der Waals surface area (Å²) in [4.78, 5) is 0. The molecule has 0 bridgehead atoms. The first-order valence-corrected chi connectivity index (χ1v) is 10.3. The summed E-state index contributed by atoms with van der Waals surface area (Å²) in [5.74, 6) is -0.153. The van der Waals surface area contributed by atoms with Crippen molar-refractivity contribution in [3.8, 4) is 5.75 Å². The smallest absolute Gasteiger partial charge is 0.229 e. The Morgan fingerprint density at radius 3 is 2.35 bits per heavy atom. The topological polar surface area (TPSA) is 98.7 Å². The van der Waals surface area contributed by atoms with Crippen LogP contribution in [0.1, 0.15) is 23.6 Å². The van der Waals surface area contributed by atoms with E-state index in [0.29, 0.717) is 12.0 Å². The number of hydrogen-bond donors (Lipinski definition) is 4. The number of aliphatic hydroxyl groups excluding tert-OH is 1. The van der Waals surface area contributed by atoms with E-state index in [2.05, 4.69) is 29.1 Å². The van der Waals surface area contributed by atoms with Crippen molar-refractivity contribution in [1.29, 1.82) is 0 Å². The summed E-state index contributed by atoms with van der Waals surface area (Å²) in [7, 11) is -3.49. The molecule has 2 aromatic carbocycles. The van der Waals surface area contributed by atoms with Crippen molar-refractivity contribution < 1.29 is 18.6 Å². The van der Waals surface area contributed by atoms with Gasteiger partial charge in [-0.05, 0) is 48.6 Å². The molecule has 26 heavy (non-hydrogen) atoms. The molecule has 0 saturated heterocycles. The molecule has 0 aromatic heterocycles. The number of nitrogens with one attached hydrogen (secondary N) is 2. The van der Waals surface area contributed by atoms with Crippen LogP contribution in [-0.4, -0.2) is 36.7 Å². The molecule has 6 nitrogen and oxygen atoms in total. The largest absolute Gasteiger partial charge is 0.506 e. The monoisotopic (exact) mass is 376 g/mol. The van der Waals surface area contributed by atoms with Crippen LogP contribution in [-0.2, 0) is 29.3 Å². The highest BCUT2D eigenvalue weighted by Crippen LogP contribution is 2.30. The first-order valence-electron chi connectivity index (χ1n) is 8.46. The van der Waals surface area contributed by atoms with E-state index < -0.39 is 16.3 Å². The summed E-state index contributed by atoms with van der Waals surface area (Å²) in [5.41, 5.74) is 3.18. The molecule has 0 radical (unpaired) electrons. The molecule has 0 unspecified atom stereocenters. The van der Waals surface area contributed by atoms with Crippen LogP contribution in [0.4, 0.5) is 5.69 Å². The van der Waals surface area contributed by atoms with Gasteiger partial charge < -0.3 is 10.2 Å². The molecule has 140 valence electrons. The highest BCUT2D eigenvalue weighted by Gasteiger charge is 2.33. The van der Waals surface area contributed by atoms with Gasteiger partial charge in [-0.25, -0.2) is 8.42 Å². The number of sulfonamides is 1. The Bertz CT molecular complexity index is 887. The lowest BCUT2D eigenvalue weighted by Gasteiger charge is -2.29. The molecule has 0 fully saturated rings. The van der Waals surface area contributed by atoms with Crippen LogP contribution in [0, 0.1) is 0 Å². The third kappa shape index (κ3) is 4.55. The Balaban J connectivity index is 1.67. The third-order valence-electron chi connectivity index (χ3n) is 4.58. The quantitative estimate of drug-likeness (QED) is 0.455. The van der Waals surface area contributed by atoms with Crippen LogP contribution < -0.4 is 10.0 Å². The van der Waals surface area contributed by atoms with Crippen LogP contribution in [0.5, 0.6) is 5.75 Å². The molecule has 0 saturated carbocycles. The van der Waals surface area contributed by atoms with Crippen LogP contribution in [0.25, 0.3) is 0 Å². The molecular weight excluding hydrogens is 352 g/mol. The number of fused-ring (bicyclic) bond motifs is 1. The molecule has 1 aliphatic rings. The van der Waals surface area contributed by atoms with E-state index in [9.17, 15) is 18.6 Å². The molecule has 7 heteroatoms. The minimum atomic E-state index is -3.49. The summed E-state index contributed by atoms with van der Waals surface area (Å²) in [6.45, 7) is 2.09. The number of aromatic hydroxyl groups is 1. The lowest BCUT2D eigenvalue weighted by molar-refractivity contribution is 0.0985. The lowest BCUT2D eigenvalue weighted by Crippen LogP contribution is -2.49. The van der Waals surface area contributed by atoms with E-state index in [4.69, 9.17) is 0 Å². The van der Waals surface area contributed by atoms with Crippen molar-refractivity contribution in [2.24, 2.45) is 0 Å². The minimum absolute atomic E-state index is 0.108. The predicted molar refractivity (Wildman–Crippen MR) is 102 cm³/mol. The number of phenols is 1. The lowest BCUT2D eigenvalue weighted by atomic mass is 9.97. The maximum atomic E-state index is 11.4. The molecule has 0 amide bonds. The number of anilines is 1. The van der Waals surface area contributed by atoms with Crippen molar-refractivity contribution in [2.45, 2.75) is 38.0 Å². The zero-order valence-corrected chi connectivity index (χ0v) is 15.7. The van der Waals surface area contributed by atoms with E-state index in [1.54, 1.807) is 6.07 Å². The fraction of sp³-hybridized carbons (Fsp3) is 0.368. The van der Waals surface area contributed by atoms with Crippen molar-refractivity contribution in [3.63, 3.8) is 0 Å². The van der Waals surface area contributed by atoms with E-state index in [0.717, 1.165) is 19.1 Å². The summed E-state index contributed by atoms with van der Waals surface area (Å²) in [5, 5.41) is 23.6. The summed E-state index contributed by atoms with van der Waals surface area (Å²) in [6.07, 6.45) is 2.22. The van der Waals surface area contributed by atoms with E-state index in [1.165, 1.54) is 23.3 Å². The van der Waals surface area contributed by atoms with Crippen molar-refractivity contribution in [2.75, 3.05) is 11.0 Å². The summed E-state index contributed by atoms with van der Waals surface area (Å²) >= 11 is 0. The molecule has 0 spiro atoms. The van der Waals surface area contributed by atoms with Gasteiger partial charge in [0.1, 0.15) is 12.0 Å². The first-order chi connectivity index (χ1) is 12.1. The molecule has 0 aliphatic heterocycles. The average molecular weight is 376 g/mol. The maximum Gasteiger partial charge on any atom is 0.229 e. The Hall–Kier alpha value is -2.09. The van der Waals surface area contributed by atoms with Crippen LogP contribution in [0.2, 0.25) is 0 Å². The van der Waals surface area contributed by atoms with Crippen molar-refractivity contribution in [1.82, 2.24) is 5.32 Å². The van der Waals surface area contributed by atoms with Gasteiger partial charge in [0.15, 0.2) is 0 Å². The highest BCUT2D eigenvalue weighted by molar-refractivity contribution is 7.92. The number of hydrogen-bond acceptors (Lipinski definition) is 5. The zero-order valence-electron chi connectivity index (χ0n) is 14.9. The van der Waals surface area contributed by atoms with Gasteiger partial charge in [0, 0.05) is 12.0 Å². The Labute approximate surface area is 153 Å². The standard InChI is InChI=1S/C19H24N2O4S/c1-19(11-14-5-3-4-6-15(14)12-19)20-18(23)10-13-7-8-17(22)16(9-13)21-26(2,24)25/h3-9,18,20-23H,10-12H2,1-2H3/t18-/m1/s1. The Morgan fingerprint density at radius 2 is 1.77 bits per heavy atom. The third-order valence-corrected chi connectivity index (χ3v) is 5.17. The van der Waals surface area contributed by atoms with Gasteiger partial charge in [0.05, 0.1) is 11.9 Å². The summed E-state index contributed by atoms with van der Waals surface area (Å²) in [6, 6.07) is 12.9. The molecule has 4 N–H and O–H groups in total. The SMILES string of the molecule is CC1(N[C@H](O)Cc2ccc(O)c(NS(C)(=O)=O)c2)Cc2ccccc2C1. The zero-order chi connectivity index (χ0) is 18.9. The minimum Gasteiger partial charge on any atom is -0.506 e. The second-order valence-corrected chi connectivity index (χ2v) is 9.02. The average Bonchev–Trinajstić information content (AvgIpc) is 2.84. The van der Waals surface area contributed by atoms with Crippen LogP contribution in [0.3, 0.4) is 0 Å². The van der Waals surface area contributed by atoms with Gasteiger partial charge in [0.2, 0.25) is 10.0 Å². The number of phenolic OH excluding ortho intramolecular Hbond substituents is 1. The second-order valence-electron chi connectivity index (χ2n) is 7.27. The van der Waals surface area contributed by atoms with Crippen molar-refractivity contribution >= 4 is 15.7 Å². The van der Waals surface area contributed by atoms with Crippen molar-refractivity contribution in [3.05, 3.63) is 59.2 Å². The van der Waals surface area contributed by atoms with Crippen LogP contribution >= 0.6 is 0 Å². The Kier molecular flexibility index (Phi) is 4.96. The number of benzene rings is 2. The summed E-state index contributed by atoms with van der Waals surface area (Å²) < 4.78 is 25.0. The predicted octanol–water partition coefficient (Wildman–Crippen LogP) is 1.77. The molecule has 1 atom stereocenters. The van der Waals surface area contributed by atoms with Gasteiger partial charge >= 0.3 is 0 Å². The number of rotatable bonds is 6. The second kappa shape index (κ2) is 6.90. The maximum absolute atomic E-state index is 11.4. The van der Waals surface area contributed by atoms with Gasteiger partial charge in [-0.3, -0.25) is 10.0 Å². The van der Waals surface area contributed by atoms with E-state index in [1.807, 2.05) is 12.1 Å². The molecule has 1 aliphatic carbocycles. The van der Waals surface area contributed by atoms with Gasteiger partial charge in [-0.2, -0.15) is 0 Å². The fourth-order valence-electron chi connectivity index (χ4n) is 3.58. The molecule has 0 heterocycles.